The summed E-state index contributed by atoms with van der Waals surface area (Å²) >= 11 is 1.50. The standard InChI is InChI=1S/C22H22N4O4S/c1-12-9-24-22-26(21(12)28)17(11-31-22)8-20(27)23-10-16-7-19(30-25-16)15-4-3-14-5-13(2)29-18(14)6-15/h3-4,6-7,9,13,17H,5,8,10-11H2,1-2H3,(H,23,27)/t13-,17+/m0/s1. The van der Waals surface area contributed by atoms with E-state index in [9.17, 15) is 9.59 Å². The Balaban J connectivity index is 1.21. The van der Waals surface area contributed by atoms with Crippen LogP contribution in [0.25, 0.3) is 11.3 Å². The lowest BCUT2D eigenvalue weighted by Crippen LogP contribution is -2.31. The zero-order chi connectivity index (χ0) is 21.5. The zero-order valence-corrected chi connectivity index (χ0v) is 18.1. The van der Waals surface area contributed by atoms with Crippen molar-refractivity contribution in [2.45, 2.75) is 50.5 Å². The maximum atomic E-state index is 12.5. The molecule has 0 fully saturated rings. The van der Waals surface area contributed by atoms with Gasteiger partial charge in [0.15, 0.2) is 10.9 Å². The van der Waals surface area contributed by atoms with E-state index in [0.29, 0.717) is 27.9 Å². The van der Waals surface area contributed by atoms with Crippen LogP contribution in [0.4, 0.5) is 0 Å². The van der Waals surface area contributed by atoms with Gasteiger partial charge in [0.2, 0.25) is 5.91 Å². The number of nitrogens with one attached hydrogen (secondary N) is 1. The Hall–Kier alpha value is -3.07. The largest absolute Gasteiger partial charge is 0.490 e. The van der Waals surface area contributed by atoms with E-state index in [0.717, 1.165) is 17.7 Å². The molecule has 4 heterocycles. The van der Waals surface area contributed by atoms with Gasteiger partial charge in [-0.15, -0.1) is 0 Å². The van der Waals surface area contributed by atoms with Crippen LogP contribution in [0.15, 0.2) is 44.9 Å². The Kier molecular flexibility index (Phi) is 5.05. The van der Waals surface area contributed by atoms with Crippen LogP contribution in [0.2, 0.25) is 0 Å². The number of rotatable bonds is 5. The smallest absolute Gasteiger partial charge is 0.257 e. The lowest BCUT2D eigenvalue weighted by atomic mass is 10.1. The van der Waals surface area contributed by atoms with Gasteiger partial charge >= 0.3 is 0 Å². The van der Waals surface area contributed by atoms with Crippen LogP contribution >= 0.6 is 11.8 Å². The molecule has 1 N–H and O–H groups in total. The first kappa shape index (κ1) is 19.9. The van der Waals surface area contributed by atoms with E-state index >= 15 is 0 Å². The summed E-state index contributed by atoms with van der Waals surface area (Å²) in [5.74, 6) is 2.03. The van der Waals surface area contributed by atoms with Crippen molar-refractivity contribution >= 4 is 17.7 Å². The zero-order valence-electron chi connectivity index (χ0n) is 17.3. The highest BCUT2D eigenvalue weighted by atomic mass is 32.2. The van der Waals surface area contributed by atoms with Crippen molar-refractivity contribution in [1.82, 2.24) is 20.0 Å². The van der Waals surface area contributed by atoms with Gasteiger partial charge in [0, 0.05) is 42.0 Å². The monoisotopic (exact) mass is 438 g/mol. The van der Waals surface area contributed by atoms with E-state index in [1.807, 2.05) is 31.2 Å². The van der Waals surface area contributed by atoms with Crippen molar-refractivity contribution < 1.29 is 14.1 Å². The van der Waals surface area contributed by atoms with Gasteiger partial charge in [-0.1, -0.05) is 29.1 Å². The van der Waals surface area contributed by atoms with Gasteiger partial charge in [-0.25, -0.2) is 4.98 Å². The van der Waals surface area contributed by atoms with E-state index in [1.54, 1.807) is 17.7 Å². The SMILES string of the molecule is Cc1cnc2n(c1=O)[C@H](CC(=O)NCc1cc(-c3ccc4c(c3)O[C@@H](C)C4)on1)CS2. The third-order valence-electron chi connectivity index (χ3n) is 5.53. The molecule has 0 saturated carbocycles. The minimum atomic E-state index is -0.193. The first-order valence-electron chi connectivity index (χ1n) is 10.2. The van der Waals surface area contributed by atoms with Gasteiger partial charge in [-0.3, -0.25) is 14.2 Å². The molecule has 0 radical (unpaired) electrons. The second-order valence-corrected chi connectivity index (χ2v) is 8.97. The molecule has 2 aliphatic rings. The summed E-state index contributed by atoms with van der Waals surface area (Å²) in [6.45, 7) is 4.04. The Bertz CT molecular complexity index is 1220. The molecule has 5 rings (SSSR count). The fourth-order valence-corrected chi connectivity index (χ4v) is 5.04. The molecular weight excluding hydrogens is 416 g/mol. The maximum Gasteiger partial charge on any atom is 0.257 e. The Morgan fingerprint density at radius 1 is 1.35 bits per heavy atom. The summed E-state index contributed by atoms with van der Waals surface area (Å²) < 4.78 is 12.9. The van der Waals surface area contributed by atoms with Crippen LogP contribution in [0.3, 0.4) is 0 Å². The summed E-state index contributed by atoms with van der Waals surface area (Å²) in [7, 11) is 0. The summed E-state index contributed by atoms with van der Waals surface area (Å²) in [5, 5.41) is 7.61. The third kappa shape index (κ3) is 3.85. The molecule has 2 atom stereocenters. The molecule has 0 saturated heterocycles. The van der Waals surface area contributed by atoms with Crippen LogP contribution in [0.5, 0.6) is 5.75 Å². The number of hydrogen-bond acceptors (Lipinski definition) is 7. The number of hydrogen-bond donors (Lipinski definition) is 1. The fourth-order valence-electron chi connectivity index (χ4n) is 3.93. The Morgan fingerprint density at radius 2 is 2.23 bits per heavy atom. The number of carbonyl (C=O) groups is 1. The van der Waals surface area contributed by atoms with E-state index in [-0.39, 0.29) is 36.6 Å². The molecule has 3 aromatic rings. The highest BCUT2D eigenvalue weighted by Crippen LogP contribution is 2.34. The molecule has 31 heavy (non-hydrogen) atoms. The van der Waals surface area contributed by atoms with Crippen molar-refractivity contribution in [1.29, 1.82) is 0 Å². The summed E-state index contributed by atoms with van der Waals surface area (Å²) in [6, 6.07) is 7.63. The van der Waals surface area contributed by atoms with E-state index < -0.39 is 0 Å². The minimum Gasteiger partial charge on any atom is -0.490 e. The normalized spacial score (nSPS) is 19.0. The highest BCUT2D eigenvalue weighted by molar-refractivity contribution is 7.99. The van der Waals surface area contributed by atoms with E-state index in [2.05, 4.69) is 15.5 Å². The number of nitrogens with zero attached hydrogens (tertiary/aromatic N) is 3. The van der Waals surface area contributed by atoms with Crippen molar-refractivity contribution in [3.8, 4) is 17.1 Å². The van der Waals surface area contributed by atoms with Crippen LogP contribution < -0.4 is 15.6 Å². The molecule has 0 aliphatic carbocycles. The fraction of sp³-hybridized carbons (Fsp3) is 0.364. The third-order valence-corrected chi connectivity index (χ3v) is 6.65. The summed E-state index contributed by atoms with van der Waals surface area (Å²) in [4.78, 5) is 29.2. The van der Waals surface area contributed by atoms with Crippen molar-refractivity contribution in [2.75, 3.05) is 5.75 Å². The Morgan fingerprint density at radius 3 is 3.10 bits per heavy atom. The number of aryl methyl sites for hydroxylation is 1. The highest BCUT2D eigenvalue weighted by Gasteiger charge is 2.27. The number of ether oxygens (including phenoxy) is 1. The number of amides is 1. The van der Waals surface area contributed by atoms with Crippen molar-refractivity contribution in [3.05, 3.63) is 57.6 Å². The van der Waals surface area contributed by atoms with Crippen molar-refractivity contribution in [2.24, 2.45) is 0 Å². The minimum absolute atomic E-state index is 0.0818. The van der Waals surface area contributed by atoms with Gasteiger partial charge in [0.05, 0.1) is 12.6 Å². The molecular formula is C22H22N4O4S. The number of thioether (sulfide) groups is 1. The molecule has 160 valence electrons. The van der Waals surface area contributed by atoms with Gasteiger partial charge in [0.1, 0.15) is 17.5 Å². The lowest BCUT2D eigenvalue weighted by Gasteiger charge is -2.13. The van der Waals surface area contributed by atoms with Gasteiger partial charge in [-0.05, 0) is 25.5 Å². The summed E-state index contributed by atoms with van der Waals surface area (Å²) in [6.07, 6.45) is 2.90. The first-order chi connectivity index (χ1) is 15.0. The number of benzene rings is 1. The molecule has 9 heteroatoms. The molecule has 2 aromatic heterocycles. The summed E-state index contributed by atoms with van der Waals surface area (Å²) in [5.41, 5.74) is 3.22. The average Bonchev–Trinajstić information content (AvgIpc) is 3.46. The van der Waals surface area contributed by atoms with Gasteiger partial charge in [0.25, 0.3) is 5.56 Å². The predicted octanol–water partition coefficient (Wildman–Crippen LogP) is 2.88. The number of carbonyl (C=O) groups excluding carboxylic acids is 1. The number of fused-ring (bicyclic) bond motifs is 2. The molecule has 8 nitrogen and oxygen atoms in total. The van der Waals surface area contributed by atoms with Crippen LogP contribution in [0, 0.1) is 6.92 Å². The molecule has 0 spiro atoms. The molecule has 2 aliphatic heterocycles. The predicted molar refractivity (Wildman–Crippen MR) is 115 cm³/mol. The number of aromatic nitrogens is 3. The van der Waals surface area contributed by atoms with Crippen LogP contribution in [-0.4, -0.2) is 32.5 Å². The quantitative estimate of drug-likeness (QED) is 0.612. The Labute approximate surface area is 183 Å². The lowest BCUT2D eigenvalue weighted by molar-refractivity contribution is -0.121. The van der Waals surface area contributed by atoms with Gasteiger partial charge in [-0.2, -0.15) is 0 Å². The van der Waals surface area contributed by atoms with E-state index in [4.69, 9.17) is 9.26 Å². The van der Waals surface area contributed by atoms with Crippen LogP contribution in [-0.2, 0) is 17.8 Å². The molecule has 1 aromatic carbocycles. The van der Waals surface area contributed by atoms with Crippen molar-refractivity contribution in [3.63, 3.8) is 0 Å². The molecule has 0 unspecified atom stereocenters. The van der Waals surface area contributed by atoms with E-state index in [1.165, 1.54) is 17.3 Å². The second-order valence-electron chi connectivity index (χ2n) is 7.98. The average molecular weight is 439 g/mol. The molecule has 0 bridgehead atoms. The second kappa shape index (κ2) is 7.88. The molecule has 1 amide bonds. The topological polar surface area (TPSA) is 99.2 Å². The maximum absolute atomic E-state index is 12.5. The van der Waals surface area contributed by atoms with Crippen LogP contribution in [0.1, 0.15) is 36.2 Å². The van der Waals surface area contributed by atoms with Gasteiger partial charge < -0.3 is 14.6 Å². The first-order valence-corrected chi connectivity index (χ1v) is 11.2.